The Hall–Kier alpha value is -1.36. The Morgan fingerprint density at radius 3 is 2.65 bits per heavy atom. The number of amides is 1. The number of carbonyl (C=O) groups is 2. The summed E-state index contributed by atoms with van der Waals surface area (Å²) >= 11 is 1.44. The number of hydrogen-bond donors (Lipinski definition) is 1. The number of hydrogen-bond acceptors (Lipinski definition) is 4. The molecular formula is C12H17NO3S. The highest BCUT2D eigenvalue weighted by Crippen LogP contribution is 2.25. The summed E-state index contributed by atoms with van der Waals surface area (Å²) in [6.07, 6.45) is 2.91. The summed E-state index contributed by atoms with van der Waals surface area (Å²) in [5, 5.41) is 0. The first-order valence-electron chi connectivity index (χ1n) is 5.65. The van der Waals surface area contributed by atoms with Crippen LogP contribution in [-0.4, -0.2) is 18.5 Å². The Kier molecular flexibility index (Phi) is 5.15. The predicted molar refractivity (Wildman–Crippen MR) is 67.2 cm³/mol. The predicted octanol–water partition coefficient (Wildman–Crippen LogP) is 1.91. The van der Waals surface area contributed by atoms with E-state index in [1.54, 1.807) is 0 Å². The van der Waals surface area contributed by atoms with Gasteiger partial charge in [0.05, 0.1) is 0 Å². The second-order valence-electron chi connectivity index (χ2n) is 3.71. The Balaban J connectivity index is 2.76. The minimum absolute atomic E-state index is 0.360. The zero-order valence-electron chi connectivity index (χ0n) is 10.1. The quantitative estimate of drug-likeness (QED) is 0.789. The van der Waals surface area contributed by atoms with Gasteiger partial charge in [0.15, 0.2) is 6.61 Å². The molecule has 17 heavy (non-hydrogen) atoms. The van der Waals surface area contributed by atoms with E-state index in [9.17, 15) is 9.59 Å². The van der Waals surface area contributed by atoms with Crippen molar-refractivity contribution in [2.24, 2.45) is 5.73 Å². The molecule has 4 nitrogen and oxygen atoms in total. The van der Waals surface area contributed by atoms with Gasteiger partial charge in [-0.1, -0.05) is 20.3 Å². The van der Waals surface area contributed by atoms with Gasteiger partial charge in [-0.05, 0) is 24.5 Å². The molecule has 94 valence electrons. The van der Waals surface area contributed by atoms with Crippen LogP contribution in [0.15, 0.2) is 6.07 Å². The zero-order chi connectivity index (χ0) is 12.8. The van der Waals surface area contributed by atoms with Gasteiger partial charge in [-0.3, -0.25) is 4.79 Å². The van der Waals surface area contributed by atoms with Crippen LogP contribution in [0.2, 0.25) is 0 Å². The summed E-state index contributed by atoms with van der Waals surface area (Å²) < 4.78 is 4.78. The maximum atomic E-state index is 11.6. The molecule has 1 heterocycles. The third-order valence-corrected chi connectivity index (χ3v) is 3.52. The number of nitrogens with two attached hydrogens (primary N) is 1. The fourth-order valence-corrected chi connectivity index (χ4v) is 2.76. The van der Waals surface area contributed by atoms with E-state index < -0.39 is 11.9 Å². The number of ether oxygens (including phenoxy) is 1. The fourth-order valence-electron chi connectivity index (χ4n) is 1.51. The first kappa shape index (κ1) is 13.7. The molecule has 1 aromatic rings. The number of primary amides is 1. The second kappa shape index (κ2) is 6.39. The lowest BCUT2D eigenvalue weighted by Crippen LogP contribution is -2.20. The topological polar surface area (TPSA) is 69.4 Å². The number of esters is 1. The highest BCUT2D eigenvalue weighted by Gasteiger charge is 2.15. The molecular weight excluding hydrogens is 238 g/mol. The molecule has 0 fully saturated rings. The van der Waals surface area contributed by atoms with Gasteiger partial charge in [-0.2, -0.15) is 0 Å². The van der Waals surface area contributed by atoms with Gasteiger partial charge in [0.2, 0.25) is 0 Å². The molecule has 0 aliphatic rings. The molecule has 5 heteroatoms. The summed E-state index contributed by atoms with van der Waals surface area (Å²) in [6, 6.07) is 1.85. The lowest BCUT2D eigenvalue weighted by molar-refractivity contribution is -0.121. The van der Waals surface area contributed by atoms with E-state index in [1.165, 1.54) is 21.8 Å². The van der Waals surface area contributed by atoms with Crippen LogP contribution in [0.4, 0.5) is 0 Å². The van der Waals surface area contributed by atoms with Crippen molar-refractivity contribution < 1.29 is 14.3 Å². The number of thiophene rings is 1. The van der Waals surface area contributed by atoms with Gasteiger partial charge in [-0.15, -0.1) is 11.3 Å². The van der Waals surface area contributed by atoms with Crippen LogP contribution >= 0.6 is 11.3 Å². The van der Waals surface area contributed by atoms with E-state index in [0.29, 0.717) is 4.88 Å². The van der Waals surface area contributed by atoms with Gasteiger partial charge in [0.25, 0.3) is 5.91 Å². The normalized spacial score (nSPS) is 10.2. The number of carbonyl (C=O) groups excluding carboxylic acids is 2. The van der Waals surface area contributed by atoms with E-state index in [1.807, 2.05) is 6.07 Å². The van der Waals surface area contributed by atoms with E-state index in [0.717, 1.165) is 19.3 Å². The van der Waals surface area contributed by atoms with E-state index in [-0.39, 0.29) is 6.61 Å². The molecule has 0 atom stereocenters. The lowest BCUT2D eigenvalue weighted by atomic mass is 10.1. The van der Waals surface area contributed by atoms with Crippen molar-refractivity contribution in [1.82, 2.24) is 0 Å². The van der Waals surface area contributed by atoms with Crippen LogP contribution in [0.25, 0.3) is 0 Å². The van der Waals surface area contributed by atoms with Crippen molar-refractivity contribution in [3.05, 3.63) is 21.4 Å². The SMILES string of the molecule is CCCc1sc(C(=O)OCC(N)=O)cc1CC. The van der Waals surface area contributed by atoms with Crippen LogP contribution in [0.3, 0.4) is 0 Å². The molecule has 0 aliphatic carbocycles. The third kappa shape index (κ3) is 3.85. The van der Waals surface area contributed by atoms with Crippen LogP contribution in [-0.2, 0) is 22.4 Å². The summed E-state index contributed by atoms with van der Waals surface area (Å²) in [6.45, 7) is 3.80. The minimum Gasteiger partial charge on any atom is -0.451 e. The highest BCUT2D eigenvalue weighted by atomic mass is 32.1. The molecule has 1 amide bonds. The average molecular weight is 255 g/mol. The Bertz CT molecular complexity index is 412. The Labute approximate surface area is 105 Å². The monoisotopic (exact) mass is 255 g/mol. The summed E-state index contributed by atoms with van der Waals surface area (Å²) in [5.74, 6) is -1.11. The summed E-state index contributed by atoms with van der Waals surface area (Å²) in [4.78, 5) is 23.9. The van der Waals surface area contributed by atoms with E-state index in [4.69, 9.17) is 10.5 Å². The Morgan fingerprint density at radius 1 is 1.41 bits per heavy atom. The van der Waals surface area contributed by atoms with Crippen LogP contribution in [0.5, 0.6) is 0 Å². The smallest absolute Gasteiger partial charge is 0.348 e. The molecule has 1 rings (SSSR count). The first-order chi connectivity index (χ1) is 8.08. The molecule has 0 spiro atoms. The molecule has 2 N–H and O–H groups in total. The zero-order valence-corrected chi connectivity index (χ0v) is 10.9. The molecule has 0 saturated heterocycles. The van der Waals surface area contributed by atoms with Crippen LogP contribution < -0.4 is 5.73 Å². The average Bonchev–Trinajstić information content (AvgIpc) is 2.69. The number of rotatable bonds is 6. The minimum atomic E-state index is -0.639. The van der Waals surface area contributed by atoms with Crippen LogP contribution in [0.1, 0.15) is 40.4 Å². The number of aryl methyl sites for hydroxylation is 2. The molecule has 0 unspecified atom stereocenters. The van der Waals surface area contributed by atoms with Crippen molar-refractivity contribution in [2.75, 3.05) is 6.61 Å². The summed E-state index contributed by atoms with van der Waals surface area (Å²) in [5.41, 5.74) is 6.10. The highest BCUT2D eigenvalue weighted by molar-refractivity contribution is 7.14. The maximum Gasteiger partial charge on any atom is 0.348 e. The van der Waals surface area contributed by atoms with Gasteiger partial charge < -0.3 is 10.5 Å². The van der Waals surface area contributed by atoms with Gasteiger partial charge >= 0.3 is 5.97 Å². The molecule has 0 aliphatic heterocycles. The molecule has 1 aromatic heterocycles. The van der Waals surface area contributed by atoms with E-state index >= 15 is 0 Å². The van der Waals surface area contributed by atoms with Crippen molar-refractivity contribution in [2.45, 2.75) is 33.1 Å². The molecule has 0 saturated carbocycles. The van der Waals surface area contributed by atoms with Crippen molar-refractivity contribution in [1.29, 1.82) is 0 Å². The molecule has 0 radical (unpaired) electrons. The maximum absolute atomic E-state index is 11.6. The van der Waals surface area contributed by atoms with Crippen molar-refractivity contribution in [3.63, 3.8) is 0 Å². The first-order valence-corrected chi connectivity index (χ1v) is 6.47. The lowest BCUT2D eigenvalue weighted by Gasteiger charge is -1.98. The molecule has 0 bridgehead atoms. The van der Waals surface area contributed by atoms with Gasteiger partial charge in [-0.25, -0.2) is 4.79 Å². The second-order valence-corrected chi connectivity index (χ2v) is 4.84. The van der Waals surface area contributed by atoms with Crippen LogP contribution in [0, 0.1) is 0 Å². The van der Waals surface area contributed by atoms with Gasteiger partial charge in [0.1, 0.15) is 4.88 Å². The van der Waals surface area contributed by atoms with E-state index in [2.05, 4.69) is 13.8 Å². The van der Waals surface area contributed by atoms with Crippen molar-refractivity contribution in [3.8, 4) is 0 Å². The largest absolute Gasteiger partial charge is 0.451 e. The third-order valence-electron chi connectivity index (χ3n) is 2.30. The molecule has 0 aromatic carbocycles. The fraction of sp³-hybridized carbons (Fsp3) is 0.500. The van der Waals surface area contributed by atoms with Crippen molar-refractivity contribution >= 4 is 23.2 Å². The standard InChI is InChI=1S/C12H17NO3S/c1-3-5-9-8(4-2)6-10(17-9)12(15)16-7-11(13)14/h6H,3-5,7H2,1-2H3,(H2,13,14). The van der Waals surface area contributed by atoms with Gasteiger partial charge in [0, 0.05) is 4.88 Å². The summed E-state index contributed by atoms with van der Waals surface area (Å²) in [7, 11) is 0. The Morgan fingerprint density at radius 2 is 2.12 bits per heavy atom.